The van der Waals surface area contributed by atoms with Crippen LogP contribution in [-0.4, -0.2) is 36.3 Å². The Morgan fingerprint density at radius 3 is 2.29 bits per heavy atom. The zero-order valence-corrected chi connectivity index (χ0v) is 9.43. The van der Waals surface area contributed by atoms with Gasteiger partial charge in [-0.25, -0.2) is 0 Å². The molecule has 1 saturated heterocycles. The summed E-state index contributed by atoms with van der Waals surface area (Å²) in [7, 11) is 0. The third kappa shape index (κ3) is 2.69. The number of benzene rings is 1. The number of piperazine rings is 1. The SMILES string of the molecule is NCC(c1ccccc1)N1CC(=O)NC(=O)C1. The second-order valence-corrected chi connectivity index (χ2v) is 4.04. The molecule has 1 unspecified atom stereocenters. The van der Waals surface area contributed by atoms with Gasteiger partial charge in [0.25, 0.3) is 0 Å². The minimum absolute atomic E-state index is 0.0915. The van der Waals surface area contributed by atoms with Gasteiger partial charge >= 0.3 is 0 Å². The molecule has 0 aliphatic carbocycles. The Bertz CT molecular complexity index is 403. The standard InChI is InChI=1S/C12H15N3O2/c13-6-10(9-4-2-1-3-5-9)15-7-11(16)14-12(17)8-15/h1-5,10H,6-8,13H2,(H,14,16,17). The number of carbonyl (C=O) groups excluding carboxylic acids is 2. The molecule has 3 N–H and O–H groups in total. The molecule has 5 heteroatoms. The van der Waals surface area contributed by atoms with Crippen LogP contribution in [0.1, 0.15) is 11.6 Å². The highest BCUT2D eigenvalue weighted by atomic mass is 16.2. The number of rotatable bonds is 3. The van der Waals surface area contributed by atoms with Gasteiger partial charge in [0.2, 0.25) is 11.8 Å². The minimum atomic E-state index is -0.268. The van der Waals surface area contributed by atoms with Gasteiger partial charge in [-0.3, -0.25) is 19.8 Å². The molecule has 0 saturated carbocycles. The van der Waals surface area contributed by atoms with Crippen molar-refractivity contribution in [2.75, 3.05) is 19.6 Å². The van der Waals surface area contributed by atoms with Crippen molar-refractivity contribution in [2.24, 2.45) is 5.73 Å². The van der Waals surface area contributed by atoms with E-state index in [2.05, 4.69) is 5.32 Å². The van der Waals surface area contributed by atoms with Gasteiger partial charge in [0.05, 0.1) is 13.1 Å². The molecular formula is C12H15N3O2. The number of hydrogen-bond donors (Lipinski definition) is 2. The van der Waals surface area contributed by atoms with E-state index in [1.807, 2.05) is 30.3 Å². The molecule has 2 rings (SSSR count). The highest BCUT2D eigenvalue weighted by Gasteiger charge is 2.28. The van der Waals surface area contributed by atoms with Gasteiger partial charge in [0, 0.05) is 12.6 Å². The Morgan fingerprint density at radius 1 is 1.18 bits per heavy atom. The molecule has 2 amide bonds. The second-order valence-electron chi connectivity index (χ2n) is 4.04. The van der Waals surface area contributed by atoms with E-state index in [0.717, 1.165) is 5.56 Å². The van der Waals surface area contributed by atoms with E-state index in [9.17, 15) is 9.59 Å². The van der Waals surface area contributed by atoms with Gasteiger partial charge in [-0.05, 0) is 5.56 Å². The highest BCUT2D eigenvalue weighted by Crippen LogP contribution is 2.19. The summed E-state index contributed by atoms with van der Waals surface area (Å²) in [5, 5.41) is 2.28. The first-order valence-electron chi connectivity index (χ1n) is 5.52. The number of nitrogens with zero attached hydrogens (tertiary/aromatic N) is 1. The smallest absolute Gasteiger partial charge is 0.240 e. The van der Waals surface area contributed by atoms with Crippen LogP contribution in [0.3, 0.4) is 0 Å². The quantitative estimate of drug-likeness (QED) is 0.699. The van der Waals surface area contributed by atoms with Crippen LogP contribution in [0.5, 0.6) is 0 Å². The number of nitrogens with one attached hydrogen (secondary N) is 1. The summed E-state index contributed by atoms with van der Waals surface area (Å²) in [6, 6.07) is 9.58. The summed E-state index contributed by atoms with van der Waals surface area (Å²) in [5.41, 5.74) is 6.77. The van der Waals surface area contributed by atoms with Crippen molar-refractivity contribution in [1.82, 2.24) is 10.2 Å². The number of imide groups is 1. The van der Waals surface area contributed by atoms with E-state index in [0.29, 0.717) is 6.54 Å². The molecular weight excluding hydrogens is 218 g/mol. The van der Waals surface area contributed by atoms with Gasteiger partial charge < -0.3 is 5.73 Å². The fraction of sp³-hybridized carbons (Fsp3) is 0.333. The summed E-state index contributed by atoms with van der Waals surface area (Å²) in [5.74, 6) is -0.536. The van der Waals surface area contributed by atoms with Crippen LogP contribution in [0.15, 0.2) is 30.3 Å². The van der Waals surface area contributed by atoms with Crippen LogP contribution >= 0.6 is 0 Å². The van der Waals surface area contributed by atoms with E-state index in [4.69, 9.17) is 5.73 Å². The summed E-state index contributed by atoms with van der Waals surface area (Å²) >= 11 is 0. The lowest BCUT2D eigenvalue weighted by molar-refractivity contribution is -0.137. The lowest BCUT2D eigenvalue weighted by Gasteiger charge is -2.32. The zero-order valence-electron chi connectivity index (χ0n) is 9.43. The maximum Gasteiger partial charge on any atom is 0.240 e. The van der Waals surface area contributed by atoms with Crippen molar-refractivity contribution >= 4 is 11.8 Å². The Morgan fingerprint density at radius 2 is 1.76 bits per heavy atom. The Labute approximate surface area is 99.6 Å². The van der Waals surface area contributed by atoms with Crippen molar-refractivity contribution in [3.8, 4) is 0 Å². The molecule has 90 valence electrons. The third-order valence-corrected chi connectivity index (χ3v) is 2.82. The molecule has 1 aromatic carbocycles. The van der Waals surface area contributed by atoms with E-state index >= 15 is 0 Å². The monoisotopic (exact) mass is 233 g/mol. The summed E-state index contributed by atoms with van der Waals surface area (Å²) in [6.07, 6.45) is 0. The molecule has 1 fully saturated rings. The Balaban J connectivity index is 2.18. The third-order valence-electron chi connectivity index (χ3n) is 2.82. The molecule has 17 heavy (non-hydrogen) atoms. The first-order valence-corrected chi connectivity index (χ1v) is 5.52. The van der Waals surface area contributed by atoms with Crippen molar-refractivity contribution in [2.45, 2.75) is 6.04 Å². The summed E-state index contributed by atoms with van der Waals surface area (Å²) in [6.45, 7) is 0.801. The fourth-order valence-electron chi connectivity index (χ4n) is 2.05. The van der Waals surface area contributed by atoms with Crippen molar-refractivity contribution in [1.29, 1.82) is 0 Å². The summed E-state index contributed by atoms with van der Waals surface area (Å²) < 4.78 is 0. The van der Waals surface area contributed by atoms with Crippen LogP contribution in [-0.2, 0) is 9.59 Å². The first kappa shape index (κ1) is 11.8. The Kier molecular flexibility index (Phi) is 3.51. The van der Waals surface area contributed by atoms with Crippen LogP contribution in [0, 0.1) is 0 Å². The molecule has 0 bridgehead atoms. The van der Waals surface area contributed by atoms with Crippen molar-refractivity contribution in [3.05, 3.63) is 35.9 Å². The lowest BCUT2D eigenvalue weighted by atomic mass is 10.0. The molecule has 1 aromatic rings. The molecule has 1 atom stereocenters. The maximum absolute atomic E-state index is 11.3. The molecule has 1 aliphatic rings. The van der Waals surface area contributed by atoms with Crippen LogP contribution in [0.2, 0.25) is 0 Å². The van der Waals surface area contributed by atoms with E-state index in [1.54, 1.807) is 4.90 Å². The maximum atomic E-state index is 11.3. The van der Waals surface area contributed by atoms with Crippen LogP contribution in [0.4, 0.5) is 0 Å². The number of nitrogens with two attached hydrogens (primary N) is 1. The van der Waals surface area contributed by atoms with Crippen molar-refractivity contribution in [3.63, 3.8) is 0 Å². The van der Waals surface area contributed by atoms with Crippen LogP contribution < -0.4 is 11.1 Å². The van der Waals surface area contributed by atoms with Gasteiger partial charge in [-0.2, -0.15) is 0 Å². The predicted octanol–water partition coefficient (Wildman–Crippen LogP) is -0.355. The zero-order chi connectivity index (χ0) is 12.3. The number of amides is 2. The largest absolute Gasteiger partial charge is 0.329 e. The highest BCUT2D eigenvalue weighted by molar-refractivity contribution is 5.99. The Hall–Kier alpha value is -1.72. The lowest BCUT2D eigenvalue weighted by Crippen LogP contribution is -2.53. The van der Waals surface area contributed by atoms with E-state index in [1.165, 1.54) is 0 Å². The van der Waals surface area contributed by atoms with Gasteiger partial charge in [-0.15, -0.1) is 0 Å². The average molecular weight is 233 g/mol. The normalized spacial score (nSPS) is 18.9. The topological polar surface area (TPSA) is 75.4 Å². The molecule has 0 radical (unpaired) electrons. The average Bonchev–Trinajstić information content (AvgIpc) is 2.30. The summed E-state index contributed by atoms with van der Waals surface area (Å²) in [4.78, 5) is 24.4. The van der Waals surface area contributed by atoms with Gasteiger partial charge in [0.1, 0.15) is 0 Å². The fourth-order valence-corrected chi connectivity index (χ4v) is 2.05. The van der Waals surface area contributed by atoms with Gasteiger partial charge in [0.15, 0.2) is 0 Å². The molecule has 1 aliphatic heterocycles. The van der Waals surface area contributed by atoms with Gasteiger partial charge in [-0.1, -0.05) is 30.3 Å². The van der Waals surface area contributed by atoms with E-state index < -0.39 is 0 Å². The molecule has 0 spiro atoms. The number of hydrogen-bond acceptors (Lipinski definition) is 4. The minimum Gasteiger partial charge on any atom is -0.329 e. The van der Waals surface area contributed by atoms with Crippen molar-refractivity contribution < 1.29 is 9.59 Å². The molecule has 5 nitrogen and oxygen atoms in total. The second kappa shape index (κ2) is 5.07. The first-order chi connectivity index (χ1) is 8.20. The van der Waals surface area contributed by atoms with Crippen LogP contribution in [0.25, 0.3) is 0 Å². The van der Waals surface area contributed by atoms with E-state index in [-0.39, 0.29) is 30.9 Å². The predicted molar refractivity (Wildman–Crippen MR) is 63.0 cm³/mol. The number of carbonyl (C=O) groups is 2. The molecule has 1 heterocycles. The molecule has 0 aromatic heterocycles.